The normalized spacial score (nSPS) is 15.5. The van der Waals surface area contributed by atoms with Crippen LogP contribution in [0.2, 0.25) is 0 Å². The summed E-state index contributed by atoms with van der Waals surface area (Å²) < 4.78 is 16.3. The zero-order valence-electron chi connectivity index (χ0n) is 19.4. The summed E-state index contributed by atoms with van der Waals surface area (Å²) >= 11 is 0. The first-order valence-electron chi connectivity index (χ1n) is 11.0. The first-order valence-corrected chi connectivity index (χ1v) is 11.0. The minimum Gasteiger partial charge on any atom is -0.337 e. The second-order valence-electron chi connectivity index (χ2n) is 8.26. The molecule has 2 aromatic heterocycles. The van der Waals surface area contributed by atoms with Crippen LogP contribution in [0.3, 0.4) is 0 Å². The highest BCUT2D eigenvalue weighted by molar-refractivity contribution is 6.08. The van der Waals surface area contributed by atoms with Gasteiger partial charge in [-0.25, -0.2) is 9.37 Å². The van der Waals surface area contributed by atoms with Crippen LogP contribution in [0.25, 0.3) is 11.2 Å². The number of aromatic nitrogens is 2. The summed E-state index contributed by atoms with van der Waals surface area (Å²) in [6.45, 7) is 6.33. The van der Waals surface area contributed by atoms with Crippen molar-refractivity contribution in [2.24, 2.45) is 0 Å². The van der Waals surface area contributed by atoms with Gasteiger partial charge < -0.3 is 15.6 Å². The van der Waals surface area contributed by atoms with Crippen LogP contribution < -0.4 is 16.0 Å². The van der Waals surface area contributed by atoms with Crippen molar-refractivity contribution in [2.45, 2.75) is 13.8 Å². The Balaban J connectivity index is 1.61. The minimum absolute atomic E-state index is 0.145. The number of benzene rings is 1. The fourth-order valence-electron chi connectivity index (χ4n) is 3.86. The molecular formula is C24H28FN7O2. The van der Waals surface area contributed by atoms with E-state index in [4.69, 9.17) is 5.41 Å². The van der Waals surface area contributed by atoms with E-state index in [1.807, 2.05) is 14.0 Å². The Labute approximate surface area is 196 Å². The fraction of sp³-hybridized carbons (Fsp3) is 0.292. The molecular weight excluding hydrogens is 437 g/mol. The van der Waals surface area contributed by atoms with Crippen LogP contribution in [0, 0.1) is 18.2 Å². The van der Waals surface area contributed by atoms with E-state index in [-0.39, 0.29) is 17.1 Å². The average Bonchev–Trinajstić information content (AvgIpc) is 2.84. The molecule has 1 aliphatic rings. The highest BCUT2D eigenvalue weighted by atomic mass is 19.1. The first-order chi connectivity index (χ1) is 16.3. The molecule has 3 heterocycles. The molecule has 0 saturated carbocycles. The lowest BCUT2D eigenvalue weighted by Crippen LogP contribution is -2.51. The van der Waals surface area contributed by atoms with Gasteiger partial charge in [0.2, 0.25) is 0 Å². The molecule has 1 saturated heterocycles. The second kappa shape index (κ2) is 9.72. The number of hydrazine groups is 1. The Morgan fingerprint density at radius 2 is 1.97 bits per heavy atom. The van der Waals surface area contributed by atoms with Gasteiger partial charge in [0.15, 0.2) is 0 Å². The molecule has 0 spiro atoms. The van der Waals surface area contributed by atoms with Crippen molar-refractivity contribution in [1.82, 2.24) is 19.3 Å². The summed E-state index contributed by atoms with van der Waals surface area (Å²) in [4.78, 5) is 19.6. The van der Waals surface area contributed by atoms with Crippen molar-refractivity contribution < 1.29 is 9.60 Å². The smallest absolute Gasteiger partial charge is 0.262 e. The van der Waals surface area contributed by atoms with Gasteiger partial charge in [0.05, 0.1) is 16.9 Å². The highest BCUT2D eigenvalue weighted by Crippen LogP contribution is 2.26. The topological polar surface area (TPSA) is 100 Å². The number of rotatable bonds is 6. The number of allylic oxidation sites excluding steroid dienone is 2. The van der Waals surface area contributed by atoms with Crippen LogP contribution in [0.15, 0.2) is 47.4 Å². The lowest BCUT2D eigenvalue weighted by molar-refractivity contribution is 0.0303. The third-order valence-electron chi connectivity index (χ3n) is 6.03. The van der Waals surface area contributed by atoms with E-state index in [1.165, 1.54) is 22.7 Å². The third kappa shape index (κ3) is 4.56. The molecule has 0 aliphatic carbocycles. The Morgan fingerprint density at radius 3 is 2.62 bits per heavy atom. The van der Waals surface area contributed by atoms with Crippen LogP contribution in [0.1, 0.15) is 18.1 Å². The zero-order chi connectivity index (χ0) is 24.4. The maximum Gasteiger partial charge on any atom is 0.262 e. The standard InChI is InChI=1S/C24H28FN7O2/c1-4-17(14-26)18-5-8-22-28-23(16(2)24(33)31(22)15-18)27-21-7-6-19(13-20(21)25)32(34)30-11-9-29(3)10-12-30/h4-8,13-15,26-27,34H,9-12H2,1-3H3/b17-4+,26-14?. The number of likely N-dealkylation sites (N-methyl/N-ethyl adjacent to an activating group) is 1. The third-order valence-corrected chi connectivity index (χ3v) is 6.03. The van der Waals surface area contributed by atoms with Crippen LogP contribution in [0.4, 0.5) is 21.6 Å². The summed E-state index contributed by atoms with van der Waals surface area (Å²) in [7, 11) is 2.02. The lowest BCUT2D eigenvalue weighted by atomic mass is 10.1. The van der Waals surface area contributed by atoms with E-state index in [0.29, 0.717) is 35.6 Å². The Bertz CT molecular complexity index is 1310. The monoisotopic (exact) mass is 465 g/mol. The van der Waals surface area contributed by atoms with Gasteiger partial charge in [0, 0.05) is 44.7 Å². The van der Waals surface area contributed by atoms with Gasteiger partial charge in [-0.1, -0.05) is 6.08 Å². The number of piperazine rings is 1. The maximum atomic E-state index is 14.9. The number of nitrogens with one attached hydrogen (secondary N) is 2. The van der Waals surface area contributed by atoms with Crippen LogP contribution >= 0.6 is 0 Å². The van der Waals surface area contributed by atoms with Gasteiger partial charge in [-0.3, -0.25) is 14.4 Å². The highest BCUT2D eigenvalue weighted by Gasteiger charge is 2.21. The second-order valence-corrected chi connectivity index (χ2v) is 8.26. The number of hydrogen-bond acceptors (Lipinski definition) is 8. The zero-order valence-corrected chi connectivity index (χ0v) is 19.4. The minimum atomic E-state index is -0.578. The molecule has 3 aromatic rings. The molecule has 0 atom stereocenters. The van der Waals surface area contributed by atoms with Gasteiger partial charge in [0.25, 0.3) is 5.56 Å². The van der Waals surface area contributed by atoms with Gasteiger partial charge in [-0.15, -0.1) is 0 Å². The molecule has 34 heavy (non-hydrogen) atoms. The predicted molar refractivity (Wildman–Crippen MR) is 132 cm³/mol. The summed E-state index contributed by atoms with van der Waals surface area (Å²) in [5.74, 6) is -0.325. The average molecular weight is 466 g/mol. The molecule has 9 nitrogen and oxygen atoms in total. The molecule has 0 bridgehead atoms. The quantitative estimate of drug-likeness (QED) is 0.379. The fourth-order valence-corrected chi connectivity index (χ4v) is 3.86. The number of anilines is 3. The predicted octanol–water partition coefficient (Wildman–Crippen LogP) is 3.30. The van der Waals surface area contributed by atoms with Crippen molar-refractivity contribution in [3.8, 4) is 0 Å². The molecule has 1 aliphatic heterocycles. The van der Waals surface area contributed by atoms with Crippen LogP contribution in [0.5, 0.6) is 0 Å². The SMILES string of the molecule is C/C=C(\C=N)c1ccc2nc(Nc3ccc(N(O)N4CCN(C)CC4)cc3F)c(C)c(=O)n2c1. The largest absolute Gasteiger partial charge is 0.337 e. The number of fused-ring (bicyclic) bond motifs is 1. The number of pyridine rings is 1. The van der Waals surface area contributed by atoms with Crippen molar-refractivity contribution in [3.63, 3.8) is 0 Å². The Morgan fingerprint density at radius 1 is 1.24 bits per heavy atom. The molecule has 0 amide bonds. The molecule has 4 rings (SSSR count). The Hall–Kier alpha value is -3.60. The van der Waals surface area contributed by atoms with Crippen molar-refractivity contribution >= 4 is 34.6 Å². The van der Waals surface area contributed by atoms with Gasteiger partial charge in [-0.2, -0.15) is 10.2 Å². The van der Waals surface area contributed by atoms with E-state index in [0.717, 1.165) is 23.8 Å². The summed E-state index contributed by atoms with van der Waals surface area (Å²) in [5.41, 5.74) is 2.31. The summed E-state index contributed by atoms with van der Waals surface area (Å²) in [6, 6.07) is 7.83. The molecule has 1 aromatic carbocycles. The Kier molecular flexibility index (Phi) is 6.73. The molecule has 0 radical (unpaired) electrons. The number of halogens is 1. The van der Waals surface area contributed by atoms with E-state index in [1.54, 1.807) is 42.4 Å². The van der Waals surface area contributed by atoms with Crippen LogP contribution in [-0.4, -0.2) is 63.9 Å². The number of nitrogens with zero attached hydrogens (tertiary/aromatic N) is 5. The summed E-state index contributed by atoms with van der Waals surface area (Å²) in [6.07, 6.45) is 4.66. The van der Waals surface area contributed by atoms with Crippen molar-refractivity contribution in [2.75, 3.05) is 43.7 Å². The molecule has 10 heteroatoms. The van der Waals surface area contributed by atoms with Crippen molar-refractivity contribution in [3.05, 3.63) is 69.9 Å². The van der Waals surface area contributed by atoms with E-state index >= 15 is 0 Å². The summed E-state index contributed by atoms with van der Waals surface area (Å²) in [5, 5.41) is 23.7. The molecule has 3 N–H and O–H groups in total. The van der Waals surface area contributed by atoms with Gasteiger partial charge in [0.1, 0.15) is 17.3 Å². The van der Waals surface area contributed by atoms with Gasteiger partial charge in [-0.05, 0) is 56.3 Å². The van der Waals surface area contributed by atoms with E-state index in [9.17, 15) is 14.4 Å². The molecule has 178 valence electrons. The molecule has 0 unspecified atom stereocenters. The van der Waals surface area contributed by atoms with E-state index in [2.05, 4.69) is 15.2 Å². The molecule has 1 fully saturated rings. The van der Waals surface area contributed by atoms with Crippen molar-refractivity contribution in [1.29, 1.82) is 5.41 Å². The van der Waals surface area contributed by atoms with Crippen LogP contribution in [-0.2, 0) is 0 Å². The van der Waals surface area contributed by atoms with Gasteiger partial charge >= 0.3 is 0 Å². The lowest BCUT2D eigenvalue weighted by Gasteiger charge is -2.37. The number of hydrogen-bond donors (Lipinski definition) is 3. The maximum absolute atomic E-state index is 14.9. The van der Waals surface area contributed by atoms with E-state index < -0.39 is 5.82 Å². The first kappa shape index (κ1) is 23.6.